The molecule has 0 saturated heterocycles. The van der Waals surface area contributed by atoms with Crippen LogP contribution in [0.3, 0.4) is 0 Å². The third-order valence-corrected chi connectivity index (χ3v) is 4.67. The van der Waals surface area contributed by atoms with Gasteiger partial charge >= 0.3 is 5.97 Å². The topological polar surface area (TPSA) is 113 Å². The van der Waals surface area contributed by atoms with Gasteiger partial charge in [-0.15, -0.1) is 0 Å². The summed E-state index contributed by atoms with van der Waals surface area (Å²) in [4.78, 5) is 51.1. The van der Waals surface area contributed by atoms with E-state index in [1.807, 2.05) is 0 Å². The van der Waals surface area contributed by atoms with Gasteiger partial charge in [0.25, 0.3) is 17.7 Å². The van der Waals surface area contributed by atoms with Crippen LogP contribution in [0.5, 0.6) is 0 Å². The standard InChI is InChI=1S/C20H18N2O6/c1-22-17(24)13-10-6-7-11-14(13)20(27,19(22)26)15(18(25)28-2)21-16(23)12-8-4-3-5-9-12/h3-11,15,27H,1-2H3,(H,21,23)/t15-,20-/m0/s1. The van der Waals surface area contributed by atoms with E-state index in [0.717, 1.165) is 7.11 Å². The average Bonchev–Trinajstić information content (AvgIpc) is 2.74. The highest BCUT2D eigenvalue weighted by atomic mass is 16.5. The first kappa shape index (κ1) is 19.2. The van der Waals surface area contributed by atoms with Crippen molar-refractivity contribution in [1.29, 1.82) is 0 Å². The third kappa shape index (κ3) is 2.93. The second-order valence-electron chi connectivity index (χ2n) is 6.28. The van der Waals surface area contributed by atoms with Crippen molar-refractivity contribution in [2.75, 3.05) is 14.2 Å². The van der Waals surface area contributed by atoms with E-state index in [0.29, 0.717) is 4.90 Å². The van der Waals surface area contributed by atoms with Gasteiger partial charge < -0.3 is 15.2 Å². The summed E-state index contributed by atoms with van der Waals surface area (Å²) in [6.07, 6.45) is 0. The Morgan fingerprint density at radius 1 is 1.07 bits per heavy atom. The smallest absolute Gasteiger partial charge is 0.332 e. The fourth-order valence-electron chi connectivity index (χ4n) is 3.18. The van der Waals surface area contributed by atoms with Crippen LogP contribution in [0.25, 0.3) is 0 Å². The van der Waals surface area contributed by atoms with Crippen molar-refractivity contribution in [1.82, 2.24) is 10.2 Å². The Hall–Kier alpha value is -3.52. The normalized spacial score (nSPS) is 19.6. The third-order valence-electron chi connectivity index (χ3n) is 4.67. The number of esters is 1. The predicted molar refractivity (Wildman–Crippen MR) is 97.2 cm³/mol. The molecule has 3 amide bonds. The molecule has 1 aliphatic heterocycles. The van der Waals surface area contributed by atoms with E-state index in [9.17, 15) is 24.3 Å². The van der Waals surface area contributed by atoms with Crippen LogP contribution in [-0.4, -0.2) is 53.9 Å². The molecule has 144 valence electrons. The molecule has 0 unspecified atom stereocenters. The number of ether oxygens (including phenoxy) is 1. The monoisotopic (exact) mass is 382 g/mol. The maximum absolute atomic E-state index is 12.9. The van der Waals surface area contributed by atoms with E-state index in [-0.39, 0.29) is 16.7 Å². The number of hydrogen-bond donors (Lipinski definition) is 2. The second kappa shape index (κ2) is 7.24. The van der Waals surface area contributed by atoms with Crippen LogP contribution in [0, 0.1) is 0 Å². The van der Waals surface area contributed by atoms with Crippen molar-refractivity contribution >= 4 is 23.7 Å². The molecule has 0 bridgehead atoms. The van der Waals surface area contributed by atoms with Crippen molar-refractivity contribution in [2.24, 2.45) is 0 Å². The molecule has 0 aliphatic carbocycles. The van der Waals surface area contributed by atoms with E-state index < -0.39 is 35.3 Å². The molecule has 0 aromatic heterocycles. The first-order valence-electron chi connectivity index (χ1n) is 8.40. The van der Waals surface area contributed by atoms with Crippen LogP contribution in [0.15, 0.2) is 54.6 Å². The zero-order valence-electron chi connectivity index (χ0n) is 15.2. The maximum atomic E-state index is 12.9. The number of likely N-dealkylation sites (N-methyl/N-ethyl adjacent to an activating group) is 1. The SMILES string of the molecule is COC(=O)[C@H](NC(=O)c1ccccc1)[C@]1(O)C(=O)N(C)C(=O)c2ccccc21. The highest BCUT2D eigenvalue weighted by Crippen LogP contribution is 2.35. The zero-order chi connectivity index (χ0) is 20.5. The van der Waals surface area contributed by atoms with E-state index >= 15 is 0 Å². The average molecular weight is 382 g/mol. The number of aliphatic hydroxyl groups is 1. The Balaban J connectivity index is 2.12. The molecule has 2 N–H and O–H groups in total. The van der Waals surface area contributed by atoms with E-state index in [1.165, 1.54) is 37.4 Å². The van der Waals surface area contributed by atoms with Crippen LogP contribution in [-0.2, 0) is 19.9 Å². The minimum Gasteiger partial charge on any atom is -0.467 e. The largest absolute Gasteiger partial charge is 0.467 e. The number of nitrogens with zero attached hydrogens (tertiary/aromatic N) is 1. The first-order chi connectivity index (χ1) is 13.3. The van der Waals surface area contributed by atoms with Gasteiger partial charge in [-0.05, 0) is 18.2 Å². The number of benzene rings is 2. The van der Waals surface area contributed by atoms with E-state index in [4.69, 9.17) is 4.74 Å². The summed E-state index contributed by atoms with van der Waals surface area (Å²) < 4.78 is 4.72. The van der Waals surface area contributed by atoms with Crippen molar-refractivity contribution in [3.63, 3.8) is 0 Å². The fraction of sp³-hybridized carbons (Fsp3) is 0.200. The molecule has 1 heterocycles. The zero-order valence-corrected chi connectivity index (χ0v) is 15.2. The molecule has 0 fully saturated rings. The lowest BCUT2D eigenvalue weighted by Gasteiger charge is -2.40. The first-order valence-corrected chi connectivity index (χ1v) is 8.40. The molecule has 2 aromatic carbocycles. The molecule has 1 aliphatic rings. The molecule has 8 nitrogen and oxygen atoms in total. The van der Waals surface area contributed by atoms with Gasteiger partial charge in [0.15, 0.2) is 6.04 Å². The van der Waals surface area contributed by atoms with Gasteiger partial charge in [0.05, 0.1) is 7.11 Å². The van der Waals surface area contributed by atoms with Gasteiger partial charge in [0.2, 0.25) is 5.60 Å². The summed E-state index contributed by atoms with van der Waals surface area (Å²) in [5.41, 5.74) is -2.32. The molecule has 0 saturated carbocycles. The van der Waals surface area contributed by atoms with E-state index in [1.54, 1.807) is 24.3 Å². The quantitative estimate of drug-likeness (QED) is 0.587. The van der Waals surface area contributed by atoms with Crippen molar-refractivity contribution in [3.05, 3.63) is 71.3 Å². The number of hydrogen-bond acceptors (Lipinski definition) is 6. The highest BCUT2D eigenvalue weighted by Gasteiger charge is 2.57. The molecule has 0 radical (unpaired) electrons. The minimum absolute atomic E-state index is 0.0509. The molecule has 2 atom stereocenters. The van der Waals surface area contributed by atoms with Crippen LogP contribution in [0.1, 0.15) is 26.3 Å². The lowest BCUT2D eigenvalue weighted by molar-refractivity contribution is -0.165. The Bertz CT molecular complexity index is 958. The molecule has 28 heavy (non-hydrogen) atoms. The number of methoxy groups -OCH3 is 1. The molecule has 8 heteroatoms. The number of carbonyl (C=O) groups is 4. The summed E-state index contributed by atoms with van der Waals surface area (Å²) in [6, 6.07) is 12.1. The minimum atomic E-state index is -2.52. The van der Waals surface area contributed by atoms with Gasteiger partial charge in [-0.1, -0.05) is 36.4 Å². The van der Waals surface area contributed by atoms with Crippen LogP contribution in [0.4, 0.5) is 0 Å². The van der Waals surface area contributed by atoms with Gasteiger partial charge in [-0.2, -0.15) is 0 Å². The number of amides is 3. The summed E-state index contributed by atoms with van der Waals surface area (Å²) >= 11 is 0. The number of carbonyl (C=O) groups excluding carboxylic acids is 4. The summed E-state index contributed by atoms with van der Waals surface area (Å²) in [5, 5.41) is 13.8. The second-order valence-corrected chi connectivity index (χ2v) is 6.28. The summed E-state index contributed by atoms with van der Waals surface area (Å²) in [5.74, 6) is -3.38. The van der Waals surface area contributed by atoms with Gasteiger partial charge in [-0.25, -0.2) is 4.79 Å². The van der Waals surface area contributed by atoms with Gasteiger partial charge in [0, 0.05) is 23.7 Å². The Labute approximate surface area is 160 Å². The predicted octanol–water partition coefficient (Wildman–Crippen LogP) is 0.458. The van der Waals surface area contributed by atoms with Crippen molar-refractivity contribution in [3.8, 4) is 0 Å². The maximum Gasteiger partial charge on any atom is 0.332 e. The Morgan fingerprint density at radius 2 is 1.68 bits per heavy atom. The molecule has 3 rings (SSSR count). The molecule has 0 spiro atoms. The van der Waals surface area contributed by atoms with Crippen LogP contribution >= 0.6 is 0 Å². The van der Waals surface area contributed by atoms with Crippen molar-refractivity contribution in [2.45, 2.75) is 11.6 Å². The highest BCUT2D eigenvalue weighted by molar-refractivity contribution is 6.14. The Kier molecular flexibility index (Phi) is 4.98. The number of fused-ring (bicyclic) bond motifs is 1. The fourth-order valence-corrected chi connectivity index (χ4v) is 3.18. The lowest BCUT2D eigenvalue weighted by atomic mass is 9.79. The summed E-state index contributed by atoms with van der Waals surface area (Å²) in [6.45, 7) is 0. The van der Waals surface area contributed by atoms with Gasteiger partial charge in [-0.3, -0.25) is 19.3 Å². The Morgan fingerprint density at radius 3 is 2.32 bits per heavy atom. The number of rotatable bonds is 4. The number of imide groups is 1. The summed E-state index contributed by atoms with van der Waals surface area (Å²) in [7, 11) is 2.26. The van der Waals surface area contributed by atoms with Crippen LogP contribution in [0.2, 0.25) is 0 Å². The molecule has 2 aromatic rings. The van der Waals surface area contributed by atoms with E-state index in [2.05, 4.69) is 5.32 Å². The molecular weight excluding hydrogens is 364 g/mol. The van der Waals surface area contributed by atoms with Crippen LogP contribution < -0.4 is 5.32 Å². The lowest BCUT2D eigenvalue weighted by Crippen LogP contribution is -2.65. The van der Waals surface area contributed by atoms with Gasteiger partial charge in [0.1, 0.15) is 0 Å². The van der Waals surface area contributed by atoms with Crippen molar-refractivity contribution < 1.29 is 29.0 Å². The number of nitrogens with one attached hydrogen (secondary N) is 1. The molecular formula is C20H18N2O6.